The standard InChI is InChI=1S/C32H30N4O9S2/c1-43-25-17-21-22(16-24(25)26(18-45-32(39)40)46-47-27-5-2-3-8-33-27)30(37)28-20-7-6-19(36(41)42)15-23(20)31(38)35(29(21)28)10-4-9-34-11-13-44-14-12-34/h2-3,5-8,15-17,26H,4,9-14,18H2,1H3,(H,39,40). The van der Waals surface area contributed by atoms with E-state index in [4.69, 9.17) is 14.2 Å². The topological polar surface area (TPSA) is 163 Å². The number of carboxylic acid groups (broad SMARTS) is 1. The molecule has 2 aromatic heterocycles. The monoisotopic (exact) mass is 678 g/mol. The number of morpholine rings is 1. The summed E-state index contributed by atoms with van der Waals surface area (Å²) in [6, 6.07) is 12.8. The fourth-order valence-electron chi connectivity index (χ4n) is 5.91. The van der Waals surface area contributed by atoms with Gasteiger partial charge in [0.05, 0.1) is 47.1 Å². The Balaban J connectivity index is 1.45. The molecule has 0 amide bonds. The Kier molecular flexibility index (Phi) is 9.77. The van der Waals surface area contributed by atoms with Crippen molar-refractivity contribution in [3.63, 3.8) is 0 Å². The van der Waals surface area contributed by atoms with Crippen LogP contribution in [0.1, 0.15) is 33.2 Å². The first-order chi connectivity index (χ1) is 22.8. The van der Waals surface area contributed by atoms with E-state index in [0.29, 0.717) is 64.7 Å². The van der Waals surface area contributed by atoms with Crippen LogP contribution in [0.5, 0.6) is 5.75 Å². The maximum absolute atomic E-state index is 14.3. The van der Waals surface area contributed by atoms with E-state index in [1.807, 2.05) is 12.1 Å². The molecule has 1 N–H and O–H groups in total. The van der Waals surface area contributed by atoms with Gasteiger partial charge in [0.25, 0.3) is 11.2 Å². The molecule has 1 aliphatic carbocycles. The number of methoxy groups -OCH3 is 1. The van der Waals surface area contributed by atoms with Crippen LogP contribution in [0.25, 0.3) is 22.0 Å². The van der Waals surface area contributed by atoms with Gasteiger partial charge in [0.2, 0.25) is 0 Å². The molecule has 47 heavy (non-hydrogen) atoms. The van der Waals surface area contributed by atoms with Crippen LogP contribution < -0.4 is 10.3 Å². The molecule has 4 aromatic rings. The smallest absolute Gasteiger partial charge is 0.496 e. The van der Waals surface area contributed by atoms with Crippen molar-refractivity contribution < 1.29 is 33.8 Å². The number of rotatable bonds is 12. The zero-order valence-corrected chi connectivity index (χ0v) is 26.9. The minimum absolute atomic E-state index is 0.0905. The maximum atomic E-state index is 14.3. The van der Waals surface area contributed by atoms with Crippen molar-refractivity contribution in [1.29, 1.82) is 0 Å². The van der Waals surface area contributed by atoms with E-state index in [0.717, 1.165) is 13.1 Å². The summed E-state index contributed by atoms with van der Waals surface area (Å²) in [4.78, 5) is 57.3. The summed E-state index contributed by atoms with van der Waals surface area (Å²) in [6.45, 7) is 3.58. The van der Waals surface area contributed by atoms with Crippen LogP contribution in [0.15, 0.2) is 64.5 Å². The molecule has 1 aliphatic heterocycles. The average molecular weight is 679 g/mol. The summed E-state index contributed by atoms with van der Waals surface area (Å²) in [5, 5.41) is 21.4. The molecule has 1 unspecified atom stereocenters. The zero-order valence-electron chi connectivity index (χ0n) is 25.2. The number of benzene rings is 2. The lowest BCUT2D eigenvalue weighted by Crippen LogP contribution is -2.37. The molecule has 6 rings (SSSR count). The van der Waals surface area contributed by atoms with Crippen molar-refractivity contribution in [2.75, 3.05) is 46.6 Å². The van der Waals surface area contributed by atoms with Crippen molar-refractivity contribution in [2.45, 2.75) is 23.2 Å². The van der Waals surface area contributed by atoms with Gasteiger partial charge in [-0.2, -0.15) is 0 Å². The lowest BCUT2D eigenvalue weighted by Gasteiger charge is -2.26. The van der Waals surface area contributed by atoms with Gasteiger partial charge in [0, 0.05) is 66.6 Å². The van der Waals surface area contributed by atoms with Crippen molar-refractivity contribution in [3.05, 3.63) is 91.9 Å². The number of nitro benzene ring substituents is 1. The van der Waals surface area contributed by atoms with Crippen molar-refractivity contribution in [1.82, 2.24) is 14.5 Å². The molecule has 0 spiro atoms. The first-order valence-electron chi connectivity index (χ1n) is 14.8. The number of ketones is 1. The largest absolute Gasteiger partial charge is 0.505 e. The number of carbonyl (C=O) groups excluding carboxylic acids is 1. The lowest BCUT2D eigenvalue weighted by molar-refractivity contribution is -0.384. The molecule has 15 heteroatoms. The summed E-state index contributed by atoms with van der Waals surface area (Å²) in [5.41, 5.74) is 1.37. The minimum atomic E-state index is -1.44. The summed E-state index contributed by atoms with van der Waals surface area (Å²) in [7, 11) is 4.11. The molecular formula is C32H30N4O9S2. The Morgan fingerprint density at radius 1 is 1.11 bits per heavy atom. The van der Waals surface area contributed by atoms with E-state index in [1.165, 1.54) is 46.9 Å². The van der Waals surface area contributed by atoms with Crippen LogP contribution >= 0.6 is 21.6 Å². The average Bonchev–Trinajstić information content (AvgIpc) is 3.37. The highest BCUT2D eigenvalue weighted by atomic mass is 33.1. The number of aromatic nitrogens is 2. The Labute approximate surface area is 276 Å². The zero-order chi connectivity index (χ0) is 33.1. The number of hydrogen-bond acceptors (Lipinski definition) is 12. The van der Waals surface area contributed by atoms with E-state index < -0.39 is 21.9 Å². The Hall–Kier alpha value is -4.44. The van der Waals surface area contributed by atoms with Crippen molar-refractivity contribution in [2.24, 2.45) is 0 Å². The van der Waals surface area contributed by atoms with Gasteiger partial charge in [-0.25, -0.2) is 9.78 Å². The quantitative estimate of drug-likeness (QED) is 0.0770. The van der Waals surface area contributed by atoms with Crippen LogP contribution in [-0.2, 0) is 16.0 Å². The maximum Gasteiger partial charge on any atom is 0.505 e. The predicted octanol–water partition coefficient (Wildman–Crippen LogP) is 5.42. The highest BCUT2D eigenvalue weighted by Crippen LogP contribution is 2.49. The molecule has 1 atom stereocenters. The van der Waals surface area contributed by atoms with Gasteiger partial charge < -0.3 is 23.9 Å². The lowest BCUT2D eigenvalue weighted by atomic mass is 10.0. The number of pyridine rings is 2. The Morgan fingerprint density at radius 3 is 2.62 bits per heavy atom. The Morgan fingerprint density at radius 2 is 1.91 bits per heavy atom. The fraction of sp³-hybridized carbons (Fsp3) is 0.312. The summed E-state index contributed by atoms with van der Waals surface area (Å²) >= 11 is 0. The normalized spacial score (nSPS) is 14.9. The van der Waals surface area contributed by atoms with Crippen LogP contribution in [0.2, 0.25) is 0 Å². The van der Waals surface area contributed by atoms with Crippen LogP contribution in [0.3, 0.4) is 0 Å². The molecule has 0 bridgehead atoms. The molecule has 13 nitrogen and oxygen atoms in total. The molecule has 2 aromatic carbocycles. The highest BCUT2D eigenvalue weighted by Gasteiger charge is 2.36. The van der Waals surface area contributed by atoms with Gasteiger partial charge >= 0.3 is 6.16 Å². The summed E-state index contributed by atoms with van der Waals surface area (Å²) in [6.07, 6.45) is 0.807. The molecule has 244 valence electrons. The van der Waals surface area contributed by atoms with Crippen LogP contribution in [0, 0.1) is 10.1 Å². The van der Waals surface area contributed by atoms with E-state index in [9.17, 15) is 29.6 Å². The first kappa shape index (κ1) is 32.5. The van der Waals surface area contributed by atoms with Gasteiger partial charge in [-0.15, -0.1) is 0 Å². The molecule has 1 saturated heterocycles. The number of non-ortho nitro benzene ring substituents is 1. The van der Waals surface area contributed by atoms with E-state index >= 15 is 0 Å². The van der Waals surface area contributed by atoms with Gasteiger partial charge in [-0.05, 0) is 47.5 Å². The second kappa shape index (κ2) is 14.1. The second-order valence-electron chi connectivity index (χ2n) is 10.9. The number of carbonyl (C=O) groups is 2. The van der Waals surface area contributed by atoms with Crippen molar-refractivity contribution in [3.8, 4) is 17.0 Å². The highest BCUT2D eigenvalue weighted by molar-refractivity contribution is 8.76. The first-order valence-corrected chi connectivity index (χ1v) is 17.0. The van der Waals surface area contributed by atoms with Crippen LogP contribution in [0.4, 0.5) is 10.5 Å². The minimum Gasteiger partial charge on any atom is -0.496 e. The molecule has 3 heterocycles. The third-order valence-corrected chi connectivity index (χ3v) is 10.7. The number of fused-ring (bicyclic) bond motifs is 5. The van der Waals surface area contributed by atoms with E-state index in [-0.39, 0.29) is 35.6 Å². The number of hydrogen-bond donors (Lipinski definition) is 1. The fourth-order valence-corrected chi connectivity index (χ4v) is 8.20. The number of nitro groups is 1. The summed E-state index contributed by atoms with van der Waals surface area (Å²) < 4.78 is 17.8. The van der Waals surface area contributed by atoms with Crippen molar-refractivity contribution >= 4 is 50.0 Å². The predicted molar refractivity (Wildman–Crippen MR) is 177 cm³/mol. The molecule has 0 saturated carbocycles. The summed E-state index contributed by atoms with van der Waals surface area (Å²) in [5.74, 6) is 0.0357. The van der Waals surface area contributed by atoms with E-state index in [2.05, 4.69) is 9.88 Å². The molecule has 2 aliphatic rings. The van der Waals surface area contributed by atoms with E-state index in [1.54, 1.807) is 29.0 Å². The molecule has 0 radical (unpaired) electrons. The van der Waals surface area contributed by atoms with Gasteiger partial charge in [0.15, 0.2) is 5.78 Å². The van der Waals surface area contributed by atoms with Gasteiger partial charge in [0.1, 0.15) is 17.4 Å². The number of ether oxygens (including phenoxy) is 3. The van der Waals surface area contributed by atoms with Crippen LogP contribution in [-0.4, -0.2) is 83.0 Å². The Bertz CT molecular complexity index is 1910. The SMILES string of the molecule is COc1cc2c(cc1C(COC(=O)O)SSc1ccccn1)C(=O)c1c-2n(CCCN2CCOCC2)c(=O)c2cc([N+](=O)[O-])ccc12. The number of nitrogens with zero attached hydrogens (tertiary/aromatic N) is 4. The third-order valence-electron chi connectivity index (χ3n) is 8.11. The second-order valence-corrected chi connectivity index (χ2v) is 13.3. The van der Waals surface area contributed by atoms with Gasteiger partial charge in [-0.1, -0.05) is 16.9 Å². The molecule has 1 fully saturated rings. The molecular weight excluding hydrogens is 649 g/mol. The van der Waals surface area contributed by atoms with Gasteiger partial charge in [-0.3, -0.25) is 24.6 Å². The third kappa shape index (κ3) is 6.70.